The number of amides is 1. The Morgan fingerprint density at radius 2 is 2.09 bits per heavy atom. The van der Waals surface area contributed by atoms with Crippen molar-refractivity contribution in [2.24, 2.45) is 0 Å². The van der Waals surface area contributed by atoms with E-state index in [0.29, 0.717) is 17.9 Å². The fourth-order valence-electron chi connectivity index (χ4n) is 4.68. The summed E-state index contributed by atoms with van der Waals surface area (Å²) < 4.78 is 17.9. The fourth-order valence-corrected chi connectivity index (χ4v) is 5.11. The van der Waals surface area contributed by atoms with Gasteiger partial charge >= 0.3 is 0 Å². The van der Waals surface area contributed by atoms with Crippen LogP contribution in [-0.4, -0.2) is 31.3 Å². The van der Waals surface area contributed by atoms with Gasteiger partial charge in [0.05, 0.1) is 17.4 Å². The van der Waals surface area contributed by atoms with E-state index in [4.69, 9.17) is 0 Å². The molecular formula is C26H22FN5OS. The third-order valence-electron chi connectivity index (χ3n) is 6.28. The number of hydrogen-bond donors (Lipinski definition) is 1. The zero-order valence-corrected chi connectivity index (χ0v) is 19.4. The predicted molar refractivity (Wildman–Crippen MR) is 133 cm³/mol. The summed E-state index contributed by atoms with van der Waals surface area (Å²) in [5.74, 6) is 0.508. The van der Waals surface area contributed by atoms with Crippen molar-refractivity contribution in [3.8, 4) is 0 Å². The second-order valence-corrected chi connectivity index (χ2v) is 9.35. The molecule has 2 aromatic carbocycles. The summed E-state index contributed by atoms with van der Waals surface area (Å²) in [6, 6.07) is 16.3. The Bertz CT molecular complexity index is 1570. The quantitative estimate of drug-likeness (QED) is 0.344. The Morgan fingerprint density at radius 3 is 2.94 bits per heavy atom. The number of carbonyl (C=O) groups excluding carboxylic acids is 1. The number of carbonyl (C=O) groups is 1. The van der Waals surface area contributed by atoms with E-state index in [1.807, 2.05) is 41.2 Å². The van der Waals surface area contributed by atoms with Crippen LogP contribution in [0.4, 0.5) is 10.1 Å². The molecule has 0 fully saturated rings. The van der Waals surface area contributed by atoms with Crippen molar-refractivity contribution < 1.29 is 9.18 Å². The molecule has 0 bridgehead atoms. The smallest absolute Gasteiger partial charge is 0.272 e. The number of nitrogens with one attached hydrogen (secondary N) is 1. The van der Waals surface area contributed by atoms with Gasteiger partial charge in [0.15, 0.2) is 5.65 Å². The number of pyridine rings is 1. The Balaban J connectivity index is 1.38. The van der Waals surface area contributed by atoms with E-state index in [9.17, 15) is 9.18 Å². The van der Waals surface area contributed by atoms with Crippen LogP contribution in [0.5, 0.6) is 0 Å². The molecule has 0 unspecified atom stereocenters. The number of thioether (sulfide) groups is 1. The zero-order valence-electron chi connectivity index (χ0n) is 18.6. The predicted octanol–water partition coefficient (Wildman–Crippen LogP) is 5.49. The van der Waals surface area contributed by atoms with Gasteiger partial charge in [-0.1, -0.05) is 18.2 Å². The molecule has 3 aromatic heterocycles. The van der Waals surface area contributed by atoms with Gasteiger partial charge in [0, 0.05) is 29.8 Å². The molecule has 8 heteroatoms. The maximum absolute atomic E-state index is 13.9. The minimum atomic E-state index is -0.295. The van der Waals surface area contributed by atoms with E-state index >= 15 is 0 Å². The first-order chi connectivity index (χ1) is 16.6. The van der Waals surface area contributed by atoms with Gasteiger partial charge in [0.25, 0.3) is 5.91 Å². The zero-order chi connectivity index (χ0) is 23.2. The average molecular weight is 472 g/mol. The number of benzene rings is 2. The van der Waals surface area contributed by atoms with Crippen molar-refractivity contribution in [3.05, 3.63) is 83.7 Å². The second-order valence-electron chi connectivity index (χ2n) is 8.47. The van der Waals surface area contributed by atoms with Crippen LogP contribution in [0.2, 0.25) is 0 Å². The molecule has 34 heavy (non-hydrogen) atoms. The first-order valence-electron chi connectivity index (χ1n) is 11.2. The van der Waals surface area contributed by atoms with Crippen LogP contribution < -0.4 is 5.32 Å². The highest BCUT2D eigenvalue weighted by molar-refractivity contribution is 7.98. The van der Waals surface area contributed by atoms with Crippen LogP contribution in [0, 0.1) is 5.82 Å². The van der Waals surface area contributed by atoms with E-state index in [1.165, 1.54) is 12.1 Å². The largest absolute Gasteiger partial charge is 0.332 e. The van der Waals surface area contributed by atoms with E-state index < -0.39 is 0 Å². The maximum atomic E-state index is 13.9. The first-order valence-corrected chi connectivity index (χ1v) is 12.4. The molecule has 1 aliphatic rings. The average Bonchev–Trinajstić information content (AvgIpc) is 3.52. The lowest BCUT2D eigenvalue weighted by molar-refractivity contribution is 0.101. The summed E-state index contributed by atoms with van der Waals surface area (Å²) in [6.07, 6.45) is 5.74. The molecule has 0 radical (unpaired) electrons. The number of halogens is 1. The molecule has 170 valence electrons. The van der Waals surface area contributed by atoms with Crippen LogP contribution in [0.3, 0.4) is 0 Å². The molecule has 0 atom stereocenters. The number of anilines is 1. The topological polar surface area (TPSA) is 64.7 Å². The monoisotopic (exact) mass is 471 g/mol. The molecular weight excluding hydrogens is 449 g/mol. The standard InChI is InChI=1S/C26H22FN5OS/c1-34-20-8-7-17-11-23(32(22(17)13-20)15-16-4-2-5-18(27)10-16)26(33)29-19-12-21-25(28-14-19)31-9-3-6-24(31)30-21/h2,4-5,7-8,10-14H,3,6,9,15H2,1H3,(H,29,33). The van der Waals surface area contributed by atoms with Gasteiger partial charge in [0.1, 0.15) is 22.9 Å². The second kappa shape index (κ2) is 8.29. The maximum Gasteiger partial charge on any atom is 0.272 e. The highest BCUT2D eigenvalue weighted by Gasteiger charge is 2.20. The third-order valence-corrected chi connectivity index (χ3v) is 7.00. The van der Waals surface area contributed by atoms with Gasteiger partial charge in [-0.25, -0.2) is 14.4 Å². The first kappa shape index (κ1) is 20.9. The number of fused-ring (bicyclic) bond motifs is 4. The molecule has 0 saturated heterocycles. The summed E-state index contributed by atoms with van der Waals surface area (Å²) in [5, 5.41) is 3.95. The van der Waals surface area contributed by atoms with Crippen molar-refractivity contribution in [1.82, 2.24) is 19.1 Å². The van der Waals surface area contributed by atoms with Crippen LogP contribution in [-0.2, 0) is 19.5 Å². The van der Waals surface area contributed by atoms with Gasteiger partial charge in [-0.2, -0.15) is 0 Å². The summed E-state index contributed by atoms with van der Waals surface area (Å²) in [7, 11) is 0. The summed E-state index contributed by atoms with van der Waals surface area (Å²) >= 11 is 1.64. The number of aromatic nitrogens is 4. The summed E-state index contributed by atoms with van der Waals surface area (Å²) in [4.78, 5) is 23.8. The van der Waals surface area contributed by atoms with Gasteiger partial charge in [-0.3, -0.25) is 4.79 Å². The van der Waals surface area contributed by atoms with E-state index in [1.54, 1.807) is 24.0 Å². The Morgan fingerprint density at radius 1 is 1.18 bits per heavy atom. The van der Waals surface area contributed by atoms with Crippen molar-refractivity contribution >= 4 is 45.4 Å². The van der Waals surface area contributed by atoms with E-state index in [-0.39, 0.29) is 11.7 Å². The Kier molecular flexibility index (Phi) is 5.10. The minimum Gasteiger partial charge on any atom is -0.332 e. The number of hydrogen-bond acceptors (Lipinski definition) is 4. The number of rotatable bonds is 5. The van der Waals surface area contributed by atoms with Crippen molar-refractivity contribution in [3.63, 3.8) is 0 Å². The molecule has 1 N–H and O–H groups in total. The molecule has 4 heterocycles. The minimum absolute atomic E-state index is 0.244. The van der Waals surface area contributed by atoms with Crippen LogP contribution >= 0.6 is 11.8 Å². The molecule has 1 amide bonds. The van der Waals surface area contributed by atoms with Crippen molar-refractivity contribution in [1.29, 1.82) is 0 Å². The van der Waals surface area contributed by atoms with Crippen LogP contribution in [0.25, 0.3) is 22.1 Å². The number of nitrogens with zero attached hydrogens (tertiary/aromatic N) is 4. The third kappa shape index (κ3) is 3.64. The summed E-state index contributed by atoms with van der Waals surface area (Å²) in [5.41, 5.74) is 4.47. The molecule has 0 aliphatic carbocycles. The lowest BCUT2D eigenvalue weighted by atomic mass is 10.2. The van der Waals surface area contributed by atoms with E-state index in [2.05, 4.69) is 25.9 Å². The number of imidazole rings is 1. The van der Waals surface area contributed by atoms with Gasteiger partial charge < -0.3 is 14.5 Å². The molecule has 0 saturated carbocycles. The lowest BCUT2D eigenvalue weighted by Gasteiger charge is -2.12. The van der Waals surface area contributed by atoms with Gasteiger partial charge in [-0.15, -0.1) is 11.8 Å². The van der Waals surface area contributed by atoms with Gasteiger partial charge in [-0.05, 0) is 54.6 Å². The van der Waals surface area contributed by atoms with Crippen LogP contribution in [0.1, 0.15) is 28.3 Å². The van der Waals surface area contributed by atoms with Crippen molar-refractivity contribution in [2.75, 3.05) is 11.6 Å². The normalized spacial score (nSPS) is 13.0. The highest BCUT2D eigenvalue weighted by Crippen LogP contribution is 2.28. The van der Waals surface area contributed by atoms with Crippen molar-refractivity contribution in [2.45, 2.75) is 30.8 Å². The fraction of sp³-hybridized carbons (Fsp3) is 0.192. The van der Waals surface area contributed by atoms with Crippen LogP contribution in [0.15, 0.2) is 65.7 Å². The Labute approximate surface area is 199 Å². The Hall–Kier alpha value is -3.65. The molecule has 6 nitrogen and oxygen atoms in total. The lowest BCUT2D eigenvalue weighted by Crippen LogP contribution is -2.17. The highest BCUT2D eigenvalue weighted by atomic mass is 32.2. The molecule has 1 aliphatic heterocycles. The molecule has 5 aromatic rings. The molecule has 0 spiro atoms. The van der Waals surface area contributed by atoms with E-state index in [0.717, 1.165) is 57.7 Å². The number of aryl methyl sites for hydroxylation is 2. The SMILES string of the molecule is CSc1ccc2cc(C(=O)Nc3cnc4c(c3)nc3n4CCC3)n(Cc3cccc(F)c3)c2c1. The summed E-state index contributed by atoms with van der Waals surface area (Å²) in [6.45, 7) is 1.32. The molecule has 6 rings (SSSR count). The van der Waals surface area contributed by atoms with Gasteiger partial charge in [0.2, 0.25) is 0 Å².